The van der Waals surface area contributed by atoms with Gasteiger partial charge in [-0.15, -0.1) is 10.2 Å². The number of nitrogens with zero attached hydrogens (tertiary/aromatic N) is 6. The van der Waals surface area contributed by atoms with E-state index in [-0.39, 0.29) is 24.1 Å². The van der Waals surface area contributed by atoms with Gasteiger partial charge < -0.3 is 19.8 Å². The molecule has 1 fully saturated rings. The predicted molar refractivity (Wildman–Crippen MR) is 131 cm³/mol. The van der Waals surface area contributed by atoms with Crippen molar-refractivity contribution in [3.05, 3.63) is 58.1 Å². The zero-order valence-corrected chi connectivity index (χ0v) is 20.7. The van der Waals surface area contributed by atoms with Crippen LogP contribution in [0.4, 0.5) is 0 Å². The van der Waals surface area contributed by atoms with Crippen LogP contribution in [-0.4, -0.2) is 66.8 Å². The third-order valence-electron chi connectivity index (χ3n) is 6.03. The van der Waals surface area contributed by atoms with Crippen LogP contribution in [0.25, 0.3) is 6.08 Å². The summed E-state index contributed by atoms with van der Waals surface area (Å²) in [4.78, 5) is 28.2. The summed E-state index contributed by atoms with van der Waals surface area (Å²) in [7, 11) is 0. The summed E-state index contributed by atoms with van der Waals surface area (Å²) in [6.45, 7) is 4.01. The number of piperidine rings is 1. The number of halogens is 1. The third kappa shape index (κ3) is 7.14. The van der Waals surface area contributed by atoms with Gasteiger partial charge in [0, 0.05) is 49.6 Å². The molecule has 4 rings (SSSR count). The fraction of sp³-hybridized carbons (Fsp3) is 0.417. The highest BCUT2D eigenvalue weighted by Crippen LogP contribution is 2.20. The summed E-state index contributed by atoms with van der Waals surface area (Å²) in [5, 5.41) is 28.2. The number of benzene rings is 1. The van der Waals surface area contributed by atoms with Gasteiger partial charge in [0.05, 0.1) is 6.54 Å². The zero-order valence-electron chi connectivity index (χ0n) is 19.9. The van der Waals surface area contributed by atoms with Crippen LogP contribution in [0.15, 0.2) is 34.9 Å². The van der Waals surface area contributed by atoms with Crippen molar-refractivity contribution in [1.82, 2.24) is 35.6 Å². The lowest BCUT2D eigenvalue weighted by Gasteiger charge is -2.31. The maximum atomic E-state index is 12.8. The van der Waals surface area contributed by atoms with E-state index in [0.29, 0.717) is 55.1 Å². The number of amides is 2. The van der Waals surface area contributed by atoms with Gasteiger partial charge in [-0.1, -0.05) is 17.7 Å². The second-order valence-electron chi connectivity index (χ2n) is 8.77. The molecule has 190 valence electrons. The number of aromatic nitrogens is 5. The molecule has 2 N–H and O–H groups in total. The molecular weight excluding hydrogens is 486 g/mol. The number of tetrazole rings is 1. The van der Waals surface area contributed by atoms with E-state index in [1.807, 2.05) is 17.0 Å². The molecule has 2 aromatic heterocycles. The van der Waals surface area contributed by atoms with Crippen molar-refractivity contribution >= 4 is 29.5 Å². The van der Waals surface area contributed by atoms with Crippen molar-refractivity contribution in [2.75, 3.05) is 19.6 Å². The molecule has 0 unspecified atom stereocenters. The Hall–Kier alpha value is -3.73. The number of carbonyl (C=O) groups is 2. The lowest BCUT2D eigenvalue weighted by atomic mass is 9.96. The van der Waals surface area contributed by atoms with Crippen molar-refractivity contribution < 1.29 is 19.2 Å². The molecular formula is C24H28ClN7O4. The number of rotatable bonds is 9. The number of likely N-dealkylation sites (tertiary alicyclic amines) is 1. The highest BCUT2D eigenvalue weighted by atomic mass is 35.5. The van der Waals surface area contributed by atoms with E-state index in [9.17, 15) is 14.7 Å². The Bertz CT molecular complexity index is 1230. The van der Waals surface area contributed by atoms with Crippen LogP contribution in [-0.2, 0) is 22.6 Å². The van der Waals surface area contributed by atoms with Gasteiger partial charge in [0.2, 0.25) is 11.8 Å². The molecule has 1 aliphatic rings. The first-order chi connectivity index (χ1) is 17.4. The summed E-state index contributed by atoms with van der Waals surface area (Å²) in [5.41, 5.74) is 1.75. The van der Waals surface area contributed by atoms with Gasteiger partial charge in [-0.05, 0) is 65.4 Å². The van der Waals surface area contributed by atoms with E-state index >= 15 is 0 Å². The first-order valence-corrected chi connectivity index (χ1v) is 12.1. The average molecular weight is 514 g/mol. The number of carbonyl (C=O) groups excluding carboxylic acids is 2. The Labute approximate surface area is 213 Å². The first-order valence-electron chi connectivity index (χ1n) is 11.8. The largest absolute Gasteiger partial charge is 0.491 e. The van der Waals surface area contributed by atoms with Gasteiger partial charge >= 0.3 is 0 Å². The van der Waals surface area contributed by atoms with Gasteiger partial charge in [-0.3, -0.25) is 9.59 Å². The minimum Gasteiger partial charge on any atom is -0.491 e. The third-order valence-corrected chi connectivity index (χ3v) is 6.27. The van der Waals surface area contributed by atoms with E-state index < -0.39 is 0 Å². The number of hydrogen-bond donors (Lipinski definition) is 2. The van der Waals surface area contributed by atoms with Gasteiger partial charge in [-0.2, -0.15) is 4.80 Å². The molecule has 0 aliphatic carbocycles. The molecule has 0 bridgehead atoms. The van der Waals surface area contributed by atoms with E-state index in [4.69, 9.17) is 16.1 Å². The summed E-state index contributed by atoms with van der Waals surface area (Å²) in [6, 6.07) is 6.88. The van der Waals surface area contributed by atoms with Crippen molar-refractivity contribution in [2.24, 2.45) is 5.92 Å². The minimum absolute atomic E-state index is 0.0524. The Morgan fingerprint density at radius 2 is 2.08 bits per heavy atom. The molecule has 3 aromatic rings. The minimum atomic E-state index is -0.186. The van der Waals surface area contributed by atoms with E-state index in [1.165, 1.54) is 10.9 Å². The first kappa shape index (κ1) is 25.4. The van der Waals surface area contributed by atoms with Crippen LogP contribution >= 0.6 is 11.6 Å². The molecule has 0 atom stereocenters. The summed E-state index contributed by atoms with van der Waals surface area (Å²) < 4.78 is 4.89. The Morgan fingerprint density at radius 3 is 2.78 bits per heavy atom. The monoisotopic (exact) mass is 513 g/mol. The molecule has 2 amide bonds. The SMILES string of the molecule is Cc1nnn(Cc2cc(Cl)ccc2/C=C/C(=O)N2CCC(CNC(=O)CCc3cc(O)no3)CC2)n1. The topological polar surface area (TPSA) is 139 Å². The van der Waals surface area contributed by atoms with Crippen LogP contribution in [0.2, 0.25) is 5.02 Å². The lowest BCUT2D eigenvalue weighted by molar-refractivity contribution is -0.127. The standard InChI is InChI=1S/C24H28ClN7O4/c1-16-27-30-32(28-16)15-19-12-20(25)4-2-18(19)3-7-24(35)31-10-8-17(9-11-31)14-26-22(33)6-5-21-13-23(34)29-36-21/h2-4,7,12-13,17H,5-6,8-11,14-15H2,1H3,(H,26,33)(H,29,34)/b7-3+. The predicted octanol–water partition coefficient (Wildman–Crippen LogP) is 2.38. The zero-order chi connectivity index (χ0) is 25.5. The van der Waals surface area contributed by atoms with Crippen molar-refractivity contribution in [2.45, 2.75) is 39.2 Å². The van der Waals surface area contributed by atoms with E-state index in [1.54, 1.807) is 25.1 Å². The van der Waals surface area contributed by atoms with Crippen LogP contribution in [0.1, 0.15) is 42.0 Å². The molecule has 11 nitrogen and oxygen atoms in total. The van der Waals surface area contributed by atoms with Crippen molar-refractivity contribution in [3.63, 3.8) is 0 Å². The van der Waals surface area contributed by atoms with Crippen LogP contribution < -0.4 is 5.32 Å². The molecule has 1 aromatic carbocycles. The van der Waals surface area contributed by atoms with Crippen LogP contribution in [0.3, 0.4) is 0 Å². The molecule has 36 heavy (non-hydrogen) atoms. The number of nitrogens with one attached hydrogen (secondary N) is 1. The Morgan fingerprint density at radius 1 is 1.28 bits per heavy atom. The normalized spacial score (nSPS) is 14.4. The van der Waals surface area contributed by atoms with E-state index in [2.05, 4.69) is 25.9 Å². The second-order valence-corrected chi connectivity index (χ2v) is 9.20. The summed E-state index contributed by atoms with van der Waals surface area (Å²) in [6.07, 6.45) is 5.65. The van der Waals surface area contributed by atoms with Crippen LogP contribution in [0.5, 0.6) is 5.88 Å². The highest BCUT2D eigenvalue weighted by molar-refractivity contribution is 6.30. The molecule has 12 heteroatoms. The molecule has 1 saturated heterocycles. The second kappa shape index (κ2) is 11.8. The number of hydrogen-bond acceptors (Lipinski definition) is 8. The molecule has 0 saturated carbocycles. The Balaban J connectivity index is 1.23. The number of aryl methyl sites for hydroxylation is 2. The van der Waals surface area contributed by atoms with Crippen molar-refractivity contribution in [3.8, 4) is 5.88 Å². The van der Waals surface area contributed by atoms with E-state index in [0.717, 1.165) is 24.0 Å². The summed E-state index contributed by atoms with van der Waals surface area (Å²) >= 11 is 6.17. The average Bonchev–Trinajstić information content (AvgIpc) is 3.48. The van der Waals surface area contributed by atoms with Gasteiger partial charge in [0.15, 0.2) is 5.82 Å². The lowest BCUT2D eigenvalue weighted by Crippen LogP contribution is -2.41. The molecule has 0 radical (unpaired) electrons. The van der Waals surface area contributed by atoms with Crippen molar-refractivity contribution in [1.29, 1.82) is 0 Å². The van der Waals surface area contributed by atoms with Gasteiger partial charge in [0.1, 0.15) is 5.76 Å². The smallest absolute Gasteiger partial charge is 0.251 e. The Kier molecular flexibility index (Phi) is 8.32. The quantitative estimate of drug-likeness (QED) is 0.416. The van der Waals surface area contributed by atoms with Gasteiger partial charge in [0.25, 0.3) is 5.88 Å². The van der Waals surface area contributed by atoms with Gasteiger partial charge in [-0.25, -0.2) is 0 Å². The van der Waals surface area contributed by atoms with Crippen LogP contribution in [0, 0.1) is 12.8 Å². The number of aromatic hydroxyl groups is 1. The maximum Gasteiger partial charge on any atom is 0.251 e. The summed E-state index contributed by atoms with van der Waals surface area (Å²) in [5.74, 6) is 1.05. The fourth-order valence-corrected chi connectivity index (χ4v) is 4.24. The molecule has 1 aliphatic heterocycles. The fourth-order valence-electron chi connectivity index (χ4n) is 4.04. The highest BCUT2D eigenvalue weighted by Gasteiger charge is 2.22. The molecule has 3 heterocycles. The molecule has 0 spiro atoms. The maximum absolute atomic E-state index is 12.8.